The number of esters is 1. The van der Waals surface area contributed by atoms with Gasteiger partial charge in [0.15, 0.2) is 0 Å². The minimum atomic E-state index is -0.921. The first-order chi connectivity index (χ1) is 12.7. The molecule has 2 aromatic rings. The van der Waals surface area contributed by atoms with Gasteiger partial charge in [-0.15, -0.1) is 11.8 Å². The van der Waals surface area contributed by atoms with Crippen LogP contribution in [0.3, 0.4) is 0 Å². The van der Waals surface area contributed by atoms with E-state index in [-0.39, 0.29) is 35.1 Å². The van der Waals surface area contributed by atoms with Crippen molar-refractivity contribution in [3.63, 3.8) is 0 Å². The lowest BCUT2D eigenvalue weighted by molar-refractivity contribution is -0.113. The molecule has 0 fully saturated rings. The summed E-state index contributed by atoms with van der Waals surface area (Å²) in [5, 5.41) is 3.38. The van der Waals surface area contributed by atoms with Crippen LogP contribution in [-0.2, 0) is 9.53 Å². The molecular weight excluding hydrogens is 415 g/mol. The Morgan fingerprint density at radius 2 is 1.96 bits per heavy atom. The van der Waals surface area contributed by atoms with Crippen LogP contribution in [0, 0.1) is 6.92 Å². The molecule has 0 bridgehead atoms. The van der Waals surface area contributed by atoms with E-state index in [2.05, 4.69) is 5.32 Å². The number of amides is 2. The average Bonchev–Trinajstić information content (AvgIpc) is 2.92. The maximum absolute atomic E-state index is 12.2. The average molecular weight is 431 g/mol. The molecule has 0 spiro atoms. The Balaban J connectivity index is 2.17. The van der Waals surface area contributed by atoms with Gasteiger partial charge >= 0.3 is 5.97 Å². The number of anilines is 1. The van der Waals surface area contributed by atoms with Gasteiger partial charge in [0.05, 0.1) is 17.4 Å². The predicted octanol–water partition coefficient (Wildman–Crippen LogP) is 3.90. The second-order valence-electron chi connectivity index (χ2n) is 5.23. The molecule has 0 saturated heterocycles. The molecule has 0 atom stereocenters. The zero-order chi connectivity index (χ0) is 20.1. The summed E-state index contributed by atoms with van der Waals surface area (Å²) in [7, 11) is 0. The molecule has 1 aromatic carbocycles. The largest absolute Gasteiger partial charge is 0.462 e. The van der Waals surface area contributed by atoms with E-state index in [1.807, 2.05) is 0 Å². The Hall–Kier alpha value is -2.16. The summed E-state index contributed by atoms with van der Waals surface area (Å²) in [5.41, 5.74) is 5.01. The van der Waals surface area contributed by atoms with Crippen LogP contribution >= 0.6 is 35.0 Å². The normalized spacial score (nSPS) is 10.5. The van der Waals surface area contributed by atoms with E-state index >= 15 is 0 Å². The fraction of sp³-hybridized carbons (Fsp3) is 0.235. The van der Waals surface area contributed by atoms with Crippen molar-refractivity contribution in [1.29, 1.82) is 0 Å². The fourth-order valence-corrected chi connectivity index (χ4v) is 3.50. The number of nitrogens with one attached hydrogen (secondary N) is 1. The number of thioether (sulfide) groups is 1. The van der Waals surface area contributed by atoms with Crippen molar-refractivity contribution in [2.24, 2.45) is 5.73 Å². The fourth-order valence-electron chi connectivity index (χ4n) is 2.21. The number of carbonyl (C=O) groups is 3. The van der Waals surface area contributed by atoms with Crippen LogP contribution in [0.15, 0.2) is 27.5 Å². The number of furan rings is 1. The number of ether oxygens (including phenoxy) is 1. The Kier molecular flexibility index (Phi) is 7.18. The maximum atomic E-state index is 12.2. The van der Waals surface area contributed by atoms with E-state index < -0.39 is 17.8 Å². The number of benzene rings is 1. The predicted molar refractivity (Wildman–Crippen MR) is 104 cm³/mol. The van der Waals surface area contributed by atoms with Crippen LogP contribution in [0.5, 0.6) is 0 Å². The maximum Gasteiger partial charge on any atom is 0.342 e. The molecule has 0 radical (unpaired) electrons. The lowest BCUT2D eigenvalue weighted by Crippen LogP contribution is -2.21. The van der Waals surface area contributed by atoms with Crippen LogP contribution in [0.4, 0.5) is 5.88 Å². The molecular formula is C17H16Cl2N2O5S. The minimum absolute atomic E-state index is 0.0350. The SMILES string of the molecule is CCOC(=O)c1c(C)oc(NC(=O)CSc2cc(Cl)ccc2Cl)c1C(N)=O. The highest BCUT2D eigenvalue weighted by atomic mass is 35.5. The number of carbonyl (C=O) groups excluding carboxylic acids is 3. The van der Waals surface area contributed by atoms with Crippen molar-refractivity contribution < 1.29 is 23.5 Å². The number of halogens is 2. The van der Waals surface area contributed by atoms with Crippen molar-refractivity contribution in [2.45, 2.75) is 18.7 Å². The van der Waals surface area contributed by atoms with Gasteiger partial charge < -0.3 is 14.9 Å². The number of nitrogens with two attached hydrogens (primary N) is 1. The van der Waals surface area contributed by atoms with Gasteiger partial charge in [-0.1, -0.05) is 23.2 Å². The monoisotopic (exact) mass is 430 g/mol. The zero-order valence-corrected chi connectivity index (χ0v) is 16.8. The van der Waals surface area contributed by atoms with Gasteiger partial charge in [-0.3, -0.25) is 14.9 Å². The van der Waals surface area contributed by atoms with E-state index in [4.69, 9.17) is 38.1 Å². The number of primary amides is 1. The van der Waals surface area contributed by atoms with Gasteiger partial charge in [0.1, 0.15) is 16.9 Å². The van der Waals surface area contributed by atoms with Crippen molar-refractivity contribution in [2.75, 3.05) is 17.7 Å². The molecule has 1 aromatic heterocycles. The second kappa shape index (κ2) is 9.16. The highest BCUT2D eigenvalue weighted by Gasteiger charge is 2.29. The van der Waals surface area contributed by atoms with Crippen molar-refractivity contribution in [3.05, 3.63) is 45.1 Å². The van der Waals surface area contributed by atoms with E-state index in [1.165, 1.54) is 6.92 Å². The van der Waals surface area contributed by atoms with Gasteiger partial charge in [-0.2, -0.15) is 0 Å². The Bertz CT molecular complexity index is 898. The van der Waals surface area contributed by atoms with Crippen LogP contribution in [0.1, 0.15) is 33.4 Å². The molecule has 2 amide bonds. The summed E-state index contributed by atoms with van der Waals surface area (Å²) in [6.45, 7) is 3.20. The number of hydrogen-bond acceptors (Lipinski definition) is 6. The molecule has 0 aliphatic carbocycles. The van der Waals surface area contributed by atoms with Gasteiger partial charge in [-0.25, -0.2) is 4.79 Å². The third kappa shape index (κ3) is 5.18. The van der Waals surface area contributed by atoms with Gasteiger partial charge in [0.2, 0.25) is 11.8 Å². The van der Waals surface area contributed by atoms with Crippen LogP contribution in [0.25, 0.3) is 0 Å². The Morgan fingerprint density at radius 3 is 2.59 bits per heavy atom. The molecule has 0 saturated carbocycles. The number of aryl methyl sites for hydroxylation is 1. The van der Waals surface area contributed by atoms with Crippen LogP contribution in [0.2, 0.25) is 10.0 Å². The van der Waals surface area contributed by atoms with Gasteiger partial charge in [0, 0.05) is 9.92 Å². The van der Waals surface area contributed by atoms with Crippen molar-refractivity contribution >= 4 is 58.6 Å². The van der Waals surface area contributed by atoms with Crippen LogP contribution in [-0.4, -0.2) is 30.1 Å². The lowest BCUT2D eigenvalue weighted by atomic mass is 10.1. The topological polar surface area (TPSA) is 112 Å². The van der Waals surface area contributed by atoms with Crippen molar-refractivity contribution in [1.82, 2.24) is 0 Å². The highest BCUT2D eigenvalue weighted by Crippen LogP contribution is 2.31. The van der Waals surface area contributed by atoms with Gasteiger partial charge in [-0.05, 0) is 32.0 Å². The van der Waals surface area contributed by atoms with E-state index in [0.29, 0.717) is 14.9 Å². The Labute approximate surface area is 169 Å². The summed E-state index contributed by atoms with van der Waals surface area (Å²) < 4.78 is 10.2. The molecule has 2 rings (SSSR count). The summed E-state index contributed by atoms with van der Waals surface area (Å²) in [5.74, 6) is -2.28. The highest BCUT2D eigenvalue weighted by molar-refractivity contribution is 8.00. The van der Waals surface area contributed by atoms with E-state index in [1.54, 1.807) is 25.1 Å². The number of rotatable bonds is 7. The minimum Gasteiger partial charge on any atom is -0.462 e. The van der Waals surface area contributed by atoms with Crippen molar-refractivity contribution in [3.8, 4) is 0 Å². The second-order valence-corrected chi connectivity index (χ2v) is 7.09. The molecule has 0 aliphatic rings. The first kappa shape index (κ1) is 21.1. The smallest absolute Gasteiger partial charge is 0.342 e. The molecule has 10 heteroatoms. The zero-order valence-electron chi connectivity index (χ0n) is 14.4. The Morgan fingerprint density at radius 1 is 1.26 bits per heavy atom. The molecule has 0 unspecified atom stereocenters. The number of hydrogen-bond donors (Lipinski definition) is 2. The summed E-state index contributed by atoms with van der Waals surface area (Å²) >= 11 is 13.1. The molecule has 3 N–H and O–H groups in total. The molecule has 7 nitrogen and oxygen atoms in total. The molecule has 144 valence electrons. The quantitative estimate of drug-likeness (QED) is 0.508. The lowest BCUT2D eigenvalue weighted by Gasteiger charge is -2.06. The summed E-state index contributed by atoms with van der Waals surface area (Å²) in [6.07, 6.45) is 0. The van der Waals surface area contributed by atoms with Crippen LogP contribution < -0.4 is 11.1 Å². The third-order valence-corrected chi connectivity index (χ3v) is 5.05. The molecule has 27 heavy (non-hydrogen) atoms. The van der Waals surface area contributed by atoms with E-state index in [9.17, 15) is 14.4 Å². The van der Waals surface area contributed by atoms with Gasteiger partial charge in [0.25, 0.3) is 5.91 Å². The molecule has 0 aliphatic heterocycles. The standard InChI is InChI=1S/C17H16Cl2N2O5S/c1-3-25-17(24)13-8(2)26-16(14(13)15(20)23)21-12(22)7-27-11-6-9(18)4-5-10(11)19/h4-6H,3,7H2,1-2H3,(H2,20,23)(H,21,22). The summed E-state index contributed by atoms with van der Waals surface area (Å²) in [6, 6.07) is 4.89. The molecule has 1 heterocycles. The third-order valence-electron chi connectivity index (χ3n) is 3.32. The first-order valence-electron chi connectivity index (χ1n) is 7.72. The first-order valence-corrected chi connectivity index (χ1v) is 9.46. The summed E-state index contributed by atoms with van der Waals surface area (Å²) in [4.78, 5) is 36.7. The van der Waals surface area contributed by atoms with E-state index in [0.717, 1.165) is 11.8 Å².